The molecule has 2 heterocycles. The molecule has 0 amide bonds. The summed E-state index contributed by atoms with van der Waals surface area (Å²) < 4.78 is 17.1. The average molecular weight is 431 g/mol. The average Bonchev–Trinajstić information content (AvgIpc) is 3.15. The second kappa shape index (κ2) is 6.08. The molecule has 0 spiro atoms. The molecule has 5 rings (SSSR count). The van der Waals surface area contributed by atoms with Crippen molar-refractivity contribution >= 4 is 43.1 Å². The van der Waals surface area contributed by atoms with Crippen LogP contribution in [-0.2, 0) is 0 Å². The van der Waals surface area contributed by atoms with Crippen LogP contribution in [0.1, 0.15) is 5.56 Å². The van der Waals surface area contributed by atoms with Gasteiger partial charge in [-0.15, -0.1) is 0 Å². The first kappa shape index (κ1) is 16.8. The molecule has 0 unspecified atom stereocenters. The van der Waals surface area contributed by atoms with E-state index in [1.54, 1.807) is 12.1 Å². The van der Waals surface area contributed by atoms with E-state index in [0.29, 0.717) is 16.5 Å². The Labute approximate surface area is 168 Å². The Morgan fingerprint density at radius 2 is 1.71 bits per heavy atom. The van der Waals surface area contributed by atoms with Crippen LogP contribution in [0.4, 0.5) is 4.39 Å². The molecule has 0 aliphatic carbocycles. The Kier molecular flexibility index (Phi) is 3.65. The number of aromatic nitrogens is 1. The van der Waals surface area contributed by atoms with Crippen LogP contribution in [0.5, 0.6) is 5.75 Å². The Morgan fingerprint density at radius 1 is 0.929 bits per heavy atom. The lowest BCUT2D eigenvalue weighted by Crippen LogP contribution is -1.93. The Morgan fingerprint density at radius 3 is 2.46 bits per heavy atom. The number of aromatic hydroxyl groups is 1. The highest BCUT2D eigenvalue weighted by molar-refractivity contribution is 9.10. The standard InChI is InChI=1S/C23H12BrFN2O/c24-15-4-2-14(3-5-15)16-7-8-27-21-11-20(25)22(28)10-19(21)18-9-13(12-26)1-6-17(18)23(16)27/h1-11,28H. The van der Waals surface area contributed by atoms with E-state index < -0.39 is 11.6 Å². The smallest absolute Gasteiger partial charge is 0.166 e. The normalized spacial score (nSPS) is 11.3. The maximum atomic E-state index is 14.2. The molecule has 28 heavy (non-hydrogen) atoms. The number of phenols is 1. The maximum Gasteiger partial charge on any atom is 0.166 e. The summed E-state index contributed by atoms with van der Waals surface area (Å²) in [4.78, 5) is 0. The van der Waals surface area contributed by atoms with E-state index in [1.165, 1.54) is 12.1 Å². The molecule has 0 radical (unpaired) electrons. The van der Waals surface area contributed by atoms with Crippen LogP contribution >= 0.6 is 15.9 Å². The highest BCUT2D eigenvalue weighted by atomic mass is 79.9. The molecule has 0 bridgehead atoms. The zero-order valence-electron chi connectivity index (χ0n) is 14.4. The van der Waals surface area contributed by atoms with Crippen LogP contribution in [0.15, 0.2) is 71.3 Å². The van der Waals surface area contributed by atoms with Gasteiger partial charge in [-0.2, -0.15) is 5.26 Å². The number of hydrogen-bond acceptors (Lipinski definition) is 2. The van der Waals surface area contributed by atoms with Gasteiger partial charge >= 0.3 is 0 Å². The molecule has 3 aromatic carbocycles. The van der Waals surface area contributed by atoms with Crippen molar-refractivity contribution in [2.75, 3.05) is 0 Å². The van der Waals surface area contributed by atoms with E-state index in [-0.39, 0.29) is 0 Å². The molecular formula is C23H12BrFN2O. The summed E-state index contributed by atoms with van der Waals surface area (Å²) >= 11 is 3.46. The van der Waals surface area contributed by atoms with Gasteiger partial charge in [0.05, 0.1) is 22.7 Å². The summed E-state index contributed by atoms with van der Waals surface area (Å²) in [5.74, 6) is -1.08. The fourth-order valence-corrected chi connectivity index (χ4v) is 4.04. The SMILES string of the molecule is N#Cc1ccc2c(c1)c1cc(O)c(F)cc1n1ccc(-c3ccc(Br)cc3)c21. The molecule has 0 fully saturated rings. The Hall–Kier alpha value is -3.36. The Balaban J connectivity index is 2.01. The molecule has 0 saturated carbocycles. The summed E-state index contributed by atoms with van der Waals surface area (Å²) in [6, 6.07) is 20.4. The summed E-state index contributed by atoms with van der Waals surface area (Å²) in [6.07, 6.45) is 1.91. The van der Waals surface area contributed by atoms with Crippen LogP contribution in [0.3, 0.4) is 0 Å². The largest absolute Gasteiger partial charge is 0.505 e. The number of nitriles is 1. The van der Waals surface area contributed by atoms with Gasteiger partial charge in [-0.25, -0.2) is 4.39 Å². The van der Waals surface area contributed by atoms with Crippen molar-refractivity contribution in [2.45, 2.75) is 0 Å². The van der Waals surface area contributed by atoms with Crippen LogP contribution in [-0.4, -0.2) is 9.51 Å². The van der Waals surface area contributed by atoms with Crippen LogP contribution in [0.25, 0.3) is 38.3 Å². The molecular weight excluding hydrogens is 419 g/mol. The zero-order chi connectivity index (χ0) is 19.4. The minimum Gasteiger partial charge on any atom is -0.505 e. The number of pyridine rings is 1. The lowest BCUT2D eigenvalue weighted by atomic mass is 9.99. The fourth-order valence-electron chi connectivity index (χ4n) is 3.78. The second-order valence-electron chi connectivity index (χ2n) is 6.65. The van der Waals surface area contributed by atoms with Gasteiger partial charge in [-0.3, -0.25) is 0 Å². The number of rotatable bonds is 1. The minimum atomic E-state index is -0.677. The highest BCUT2D eigenvalue weighted by Crippen LogP contribution is 2.38. The van der Waals surface area contributed by atoms with E-state index in [2.05, 4.69) is 22.0 Å². The van der Waals surface area contributed by atoms with Gasteiger partial charge in [-0.05, 0) is 47.3 Å². The summed E-state index contributed by atoms with van der Waals surface area (Å²) in [5, 5.41) is 21.7. The van der Waals surface area contributed by atoms with Gasteiger partial charge in [0.1, 0.15) is 0 Å². The number of benzene rings is 3. The van der Waals surface area contributed by atoms with Gasteiger partial charge < -0.3 is 9.51 Å². The molecule has 5 heteroatoms. The topological polar surface area (TPSA) is 48.4 Å². The van der Waals surface area contributed by atoms with Gasteiger partial charge in [0, 0.05) is 33.1 Å². The third-order valence-corrected chi connectivity index (χ3v) is 5.59. The third kappa shape index (κ3) is 2.39. The van der Waals surface area contributed by atoms with Crippen molar-refractivity contribution in [3.05, 3.63) is 82.7 Å². The second-order valence-corrected chi connectivity index (χ2v) is 7.56. The molecule has 0 atom stereocenters. The maximum absolute atomic E-state index is 14.2. The number of halogens is 2. The highest BCUT2D eigenvalue weighted by Gasteiger charge is 2.16. The van der Waals surface area contributed by atoms with Crippen LogP contribution in [0, 0.1) is 17.1 Å². The van der Waals surface area contributed by atoms with E-state index in [4.69, 9.17) is 0 Å². The molecule has 0 saturated heterocycles. The van der Waals surface area contributed by atoms with Gasteiger partial charge in [0.25, 0.3) is 0 Å². The first-order chi connectivity index (χ1) is 13.6. The number of nitrogens with zero attached hydrogens (tertiary/aromatic N) is 2. The predicted octanol–water partition coefficient (Wildman–Crippen LogP) is 6.39. The summed E-state index contributed by atoms with van der Waals surface area (Å²) in [6.45, 7) is 0. The first-order valence-corrected chi connectivity index (χ1v) is 9.41. The first-order valence-electron chi connectivity index (χ1n) is 8.62. The molecule has 0 aliphatic rings. The van der Waals surface area contributed by atoms with E-state index in [0.717, 1.165) is 31.9 Å². The summed E-state index contributed by atoms with van der Waals surface area (Å²) in [5.41, 5.74) is 4.13. The van der Waals surface area contributed by atoms with Gasteiger partial charge in [-0.1, -0.05) is 34.1 Å². The van der Waals surface area contributed by atoms with E-state index in [1.807, 2.05) is 47.0 Å². The molecule has 134 valence electrons. The van der Waals surface area contributed by atoms with E-state index >= 15 is 0 Å². The third-order valence-electron chi connectivity index (χ3n) is 5.06. The molecule has 3 nitrogen and oxygen atoms in total. The lowest BCUT2D eigenvalue weighted by Gasteiger charge is -2.12. The predicted molar refractivity (Wildman–Crippen MR) is 112 cm³/mol. The molecule has 0 aliphatic heterocycles. The van der Waals surface area contributed by atoms with Gasteiger partial charge in [0.15, 0.2) is 11.6 Å². The molecule has 5 aromatic rings. The lowest BCUT2D eigenvalue weighted by molar-refractivity contribution is 0.433. The monoisotopic (exact) mass is 430 g/mol. The van der Waals surface area contributed by atoms with Crippen molar-refractivity contribution in [1.82, 2.24) is 4.40 Å². The van der Waals surface area contributed by atoms with Crippen molar-refractivity contribution in [1.29, 1.82) is 5.26 Å². The zero-order valence-corrected chi connectivity index (χ0v) is 16.0. The number of fused-ring (bicyclic) bond motifs is 6. The quantitative estimate of drug-likeness (QED) is 0.313. The van der Waals surface area contributed by atoms with Crippen molar-refractivity contribution < 1.29 is 9.50 Å². The molecule has 2 aromatic heterocycles. The van der Waals surface area contributed by atoms with Crippen LogP contribution in [0.2, 0.25) is 0 Å². The van der Waals surface area contributed by atoms with E-state index in [9.17, 15) is 14.8 Å². The number of hydrogen-bond donors (Lipinski definition) is 1. The van der Waals surface area contributed by atoms with Crippen molar-refractivity contribution in [3.8, 4) is 22.9 Å². The van der Waals surface area contributed by atoms with Crippen molar-refractivity contribution in [3.63, 3.8) is 0 Å². The fraction of sp³-hybridized carbons (Fsp3) is 0. The van der Waals surface area contributed by atoms with Gasteiger partial charge in [0.2, 0.25) is 0 Å². The minimum absolute atomic E-state index is 0.407. The number of phenolic OH excluding ortho intramolecular Hbond substituents is 1. The molecule has 1 N–H and O–H groups in total. The summed E-state index contributed by atoms with van der Waals surface area (Å²) in [7, 11) is 0. The van der Waals surface area contributed by atoms with Crippen LogP contribution < -0.4 is 0 Å². The Bertz CT molecular complexity index is 1450. The van der Waals surface area contributed by atoms with Crippen molar-refractivity contribution in [2.24, 2.45) is 0 Å².